The highest BCUT2D eigenvalue weighted by Gasteiger charge is 2.49. The largest absolute Gasteiger partial charge is 0.353 e. The van der Waals surface area contributed by atoms with Crippen LogP contribution >= 0.6 is 0 Å². The second-order valence-corrected chi connectivity index (χ2v) is 7.01. The van der Waals surface area contributed by atoms with Gasteiger partial charge >= 0.3 is 0 Å². The zero-order chi connectivity index (χ0) is 17.8. The zero-order valence-corrected chi connectivity index (χ0v) is 14.4. The number of fused-ring (bicyclic) bond motifs is 2. The monoisotopic (exact) mass is 333 g/mol. The lowest BCUT2D eigenvalue weighted by Crippen LogP contribution is -2.36. The fourth-order valence-electron chi connectivity index (χ4n) is 3.51. The SMILES string of the molecule is Cc1ccc2c(c1)C(C)(C)OC1C(=O)N(c3ccccc3)C(=O)C1=C2. The minimum atomic E-state index is -0.879. The van der Waals surface area contributed by atoms with Crippen LogP contribution in [-0.2, 0) is 19.9 Å². The summed E-state index contributed by atoms with van der Waals surface area (Å²) in [4.78, 5) is 27.1. The number of carbonyl (C=O) groups excluding carboxylic acids is 2. The van der Waals surface area contributed by atoms with Gasteiger partial charge in [-0.25, -0.2) is 4.90 Å². The molecular formula is C21H19NO3. The Balaban J connectivity index is 1.86. The summed E-state index contributed by atoms with van der Waals surface area (Å²) < 4.78 is 6.16. The van der Waals surface area contributed by atoms with Crippen molar-refractivity contribution in [3.63, 3.8) is 0 Å². The van der Waals surface area contributed by atoms with E-state index < -0.39 is 11.7 Å². The molecule has 0 saturated carbocycles. The van der Waals surface area contributed by atoms with Gasteiger partial charge in [0, 0.05) is 0 Å². The van der Waals surface area contributed by atoms with Gasteiger partial charge in [-0.15, -0.1) is 0 Å². The number of anilines is 1. The lowest BCUT2D eigenvalue weighted by molar-refractivity contribution is -0.135. The summed E-state index contributed by atoms with van der Waals surface area (Å²) in [6.07, 6.45) is 0.924. The quantitative estimate of drug-likeness (QED) is 0.749. The molecule has 0 aromatic heterocycles. The Bertz CT molecular complexity index is 912. The summed E-state index contributed by atoms with van der Waals surface area (Å²) in [5.41, 5.74) is 3.31. The molecule has 1 saturated heterocycles. The van der Waals surface area contributed by atoms with E-state index in [1.807, 2.05) is 39.0 Å². The van der Waals surface area contributed by atoms with Gasteiger partial charge in [0.15, 0.2) is 6.10 Å². The molecule has 0 radical (unpaired) electrons. The van der Waals surface area contributed by atoms with Crippen molar-refractivity contribution < 1.29 is 14.3 Å². The first-order valence-electron chi connectivity index (χ1n) is 8.32. The van der Waals surface area contributed by atoms with E-state index in [0.717, 1.165) is 16.7 Å². The van der Waals surface area contributed by atoms with Crippen molar-refractivity contribution in [2.75, 3.05) is 4.90 Å². The summed E-state index contributed by atoms with van der Waals surface area (Å²) in [5.74, 6) is -0.648. The first kappa shape index (κ1) is 15.8. The fourth-order valence-corrected chi connectivity index (χ4v) is 3.51. The van der Waals surface area contributed by atoms with Crippen molar-refractivity contribution in [3.8, 4) is 0 Å². The van der Waals surface area contributed by atoms with Crippen LogP contribution in [0.5, 0.6) is 0 Å². The normalized spacial score (nSPS) is 21.5. The van der Waals surface area contributed by atoms with E-state index in [1.165, 1.54) is 4.90 Å². The van der Waals surface area contributed by atoms with Crippen molar-refractivity contribution in [1.82, 2.24) is 0 Å². The highest BCUT2D eigenvalue weighted by atomic mass is 16.5. The number of benzene rings is 2. The number of para-hydroxylation sites is 1. The van der Waals surface area contributed by atoms with Gasteiger partial charge in [-0.05, 0) is 50.1 Å². The lowest BCUT2D eigenvalue weighted by Gasteiger charge is -2.28. The molecule has 4 nitrogen and oxygen atoms in total. The second kappa shape index (κ2) is 5.39. The van der Waals surface area contributed by atoms with Crippen LogP contribution in [0.3, 0.4) is 0 Å². The third-order valence-electron chi connectivity index (χ3n) is 4.77. The molecule has 0 bridgehead atoms. The van der Waals surface area contributed by atoms with E-state index in [2.05, 4.69) is 6.07 Å². The Morgan fingerprint density at radius 2 is 1.76 bits per heavy atom. The second-order valence-electron chi connectivity index (χ2n) is 7.01. The Labute approximate surface area is 146 Å². The molecule has 0 aliphatic carbocycles. The predicted octanol–water partition coefficient (Wildman–Crippen LogP) is 3.59. The van der Waals surface area contributed by atoms with Gasteiger partial charge in [-0.1, -0.05) is 42.0 Å². The first-order chi connectivity index (χ1) is 11.9. The number of rotatable bonds is 1. The molecule has 126 valence electrons. The molecule has 0 N–H and O–H groups in total. The van der Waals surface area contributed by atoms with E-state index >= 15 is 0 Å². The molecule has 0 spiro atoms. The van der Waals surface area contributed by atoms with Crippen LogP contribution in [0, 0.1) is 6.92 Å². The minimum Gasteiger partial charge on any atom is -0.353 e. The molecular weight excluding hydrogens is 314 g/mol. The summed E-state index contributed by atoms with van der Waals surface area (Å²) >= 11 is 0. The number of aryl methyl sites for hydroxylation is 1. The Morgan fingerprint density at radius 1 is 1.04 bits per heavy atom. The van der Waals surface area contributed by atoms with Crippen LogP contribution in [0.2, 0.25) is 0 Å². The fraction of sp³-hybridized carbons (Fsp3) is 0.238. The highest BCUT2D eigenvalue weighted by Crippen LogP contribution is 2.40. The highest BCUT2D eigenvalue weighted by molar-refractivity contribution is 6.32. The summed E-state index contributed by atoms with van der Waals surface area (Å²) in [5, 5.41) is 0. The molecule has 1 atom stereocenters. The van der Waals surface area contributed by atoms with Crippen LogP contribution in [0.1, 0.15) is 30.5 Å². The maximum Gasteiger partial charge on any atom is 0.268 e. The van der Waals surface area contributed by atoms with Crippen molar-refractivity contribution in [2.24, 2.45) is 0 Å². The third kappa shape index (κ3) is 2.41. The number of ether oxygens (including phenoxy) is 1. The van der Waals surface area contributed by atoms with Crippen LogP contribution in [-0.4, -0.2) is 17.9 Å². The van der Waals surface area contributed by atoms with E-state index in [4.69, 9.17) is 4.74 Å². The molecule has 1 fully saturated rings. The number of imide groups is 1. The van der Waals surface area contributed by atoms with E-state index in [1.54, 1.807) is 30.3 Å². The molecule has 2 heterocycles. The molecule has 4 rings (SSSR count). The lowest BCUT2D eigenvalue weighted by atomic mass is 9.91. The summed E-state index contributed by atoms with van der Waals surface area (Å²) in [6.45, 7) is 5.89. The average molecular weight is 333 g/mol. The molecule has 2 aromatic rings. The molecule has 25 heavy (non-hydrogen) atoms. The Morgan fingerprint density at radius 3 is 2.48 bits per heavy atom. The average Bonchev–Trinajstić information content (AvgIpc) is 2.73. The van der Waals surface area contributed by atoms with Crippen LogP contribution in [0.15, 0.2) is 54.1 Å². The number of hydrogen-bond acceptors (Lipinski definition) is 3. The third-order valence-corrected chi connectivity index (χ3v) is 4.77. The van der Waals surface area contributed by atoms with Crippen LogP contribution in [0.25, 0.3) is 6.08 Å². The van der Waals surface area contributed by atoms with Crippen molar-refractivity contribution in [2.45, 2.75) is 32.5 Å². The summed E-state index contributed by atoms with van der Waals surface area (Å²) in [7, 11) is 0. The molecule has 2 aliphatic heterocycles. The predicted molar refractivity (Wildman–Crippen MR) is 96.0 cm³/mol. The number of nitrogens with zero attached hydrogens (tertiary/aromatic N) is 1. The topological polar surface area (TPSA) is 46.6 Å². The van der Waals surface area contributed by atoms with Crippen molar-refractivity contribution in [1.29, 1.82) is 0 Å². The van der Waals surface area contributed by atoms with E-state index in [0.29, 0.717) is 11.3 Å². The van der Waals surface area contributed by atoms with Gasteiger partial charge < -0.3 is 4.74 Å². The smallest absolute Gasteiger partial charge is 0.268 e. The Kier molecular flexibility index (Phi) is 3.41. The van der Waals surface area contributed by atoms with Crippen molar-refractivity contribution in [3.05, 3.63) is 70.8 Å². The number of amides is 2. The van der Waals surface area contributed by atoms with Crippen molar-refractivity contribution >= 4 is 23.6 Å². The van der Waals surface area contributed by atoms with Gasteiger partial charge in [0.1, 0.15) is 0 Å². The standard InChI is InChI=1S/C21H19NO3/c1-13-9-10-14-12-16-18(25-21(2,3)17(14)11-13)20(24)22(19(16)23)15-7-5-4-6-8-15/h4-12,18H,1-3H3. The van der Waals surface area contributed by atoms with E-state index in [-0.39, 0.29) is 11.8 Å². The Hall–Kier alpha value is -2.72. The van der Waals surface area contributed by atoms with Crippen LogP contribution < -0.4 is 4.90 Å². The first-order valence-corrected chi connectivity index (χ1v) is 8.32. The number of hydrogen-bond donors (Lipinski definition) is 0. The summed E-state index contributed by atoms with van der Waals surface area (Å²) in [6, 6.07) is 15.0. The van der Waals surface area contributed by atoms with Crippen LogP contribution in [0.4, 0.5) is 5.69 Å². The molecule has 2 amide bonds. The molecule has 2 aliphatic rings. The van der Waals surface area contributed by atoms with Gasteiger partial charge in [0.2, 0.25) is 0 Å². The maximum absolute atomic E-state index is 12.9. The van der Waals surface area contributed by atoms with E-state index in [9.17, 15) is 9.59 Å². The zero-order valence-electron chi connectivity index (χ0n) is 14.4. The molecule has 1 unspecified atom stereocenters. The van der Waals surface area contributed by atoms with Gasteiger partial charge in [0.25, 0.3) is 11.8 Å². The molecule has 4 heteroatoms. The van der Waals surface area contributed by atoms with Gasteiger partial charge in [0.05, 0.1) is 16.9 Å². The van der Waals surface area contributed by atoms with Gasteiger partial charge in [-0.3, -0.25) is 9.59 Å². The number of carbonyl (C=O) groups is 2. The maximum atomic E-state index is 12.9. The van der Waals surface area contributed by atoms with Gasteiger partial charge in [-0.2, -0.15) is 0 Å². The molecule has 2 aromatic carbocycles. The minimum absolute atomic E-state index is 0.314.